The maximum Gasteiger partial charge on any atom is 0.268 e. The summed E-state index contributed by atoms with van der Waals surface area (Å²) < 4.78 is 23.2. The molecule has 0 heterocycles. The first kappa shape index (κ1) is 50.7. The molecule has 9 heteroatoms. The van der Waals surface area contributed by atoms with Crippen LogP contribution in [0.3, 0.4) is 0 Å². The van der Waals surface area contributed by atoms with Crippen LogP contribution in [-0.4, -0.2) is 68.5 Å². The molecule has 52 heavy (non-hydrogen) atoms. The van der Waals surface area contributed by atoms with Gasteiger partial charge in [-0.1, -0.05) is 140 Å². The molecule has 1 unspecified atom stereocenters. The summed E-state index contributed by atoms with van der Waals surface area (Å²) in [6, 6.07) is -0.822. The molecule has 0 saturated carbocycles. The molecule has 8 nitrogen and oxygen atoms in total. The normalized spacial score (nSPS) is 14.8. The first-order valence-corrected chi connectivity index (χ1v) is 22.8. The van der Waals surface area contributed by atoms with E-state index in [9.17, 15) is 19.4 Å². The van der Waals surface area contributed by atoms with Gasteiger partial charge in [0.25, 0.3) is 7.82 Å². The summed E-state index contributed by atoms with van der Waals surface area (Å²) in [5.41, 5.74) is 0. The number of hydrogen-bond acceptors (Lipinski definition) is 6. The monoisotopic (exact) mass is 755 g/mol. The van der Waals surface area contributed by atoms with Crippen molar-refractivity contribution in [3.63, 3.8) is 0 Å². The fourth-order valence-electron chi connectivity index (χ4n) is 5.89. The van der Waals surface area contributed by atoms with Crippen LogP contribution < -0.4 is 10.2 Å². The summed E-state index contributed by atoms with van der Waals surface area (Å²) in [5, 5.41) is 13.8. The largest absolute Gasteiger partial charge is 0.756 e. The number of allylic oxidation sites excluding steroid dienone is 6. The highest BCUT2D eigenvalue weighted by Crippen LogP contribution is 2.38. The van der Waals surface area contributed by atoms with E-state index in [1.807, 2.05) is 21.1 Å². The lowest BCUT2D eigenvalue weighted by molar-refractivity contribution is -0.870. The molecule has 0 aromatic carbocycles. The molecule has 0 aliphatic carbocycles. The van der Waals surface area contributed by atoms with Crippen LogP contribution in [0.4, 0.5) is 0 Å². The number of aliphatic hydroxyl groups excluding tert-OH is 1. The zero-order valence-corrected chi connectivity index (χ0v) is 35.4. The number of phosphoric ester groups is 1. The minimum absolute atomic E-state index is 0.00330. The molecule has 0 aromatic heterocycles. The summed E-state index contributed by atoms with van der Waals surface area (Å²) in [5.74, 6) is -0.190. The van der Waals surface area contributed by atoms with Crippen molar-refractivity contribution < 1.29 is 32.9 Å². The number of rotatable bonds is 38. The number of nitrogens with one attached hydrogen (secondary N) is 1. The van der Waals surface area contributed by atoms with Gasteiger partial charge in [-0.15, -0.1) is 0 Å². The number of phosphoric acid groups is 1. The highest BCUT2D eigenvalue weighted by Gasteiger charge is 2.24. The second kappa shape index (κ2) is 35.4. The van der Waals surface area contributed by atoms with E-state index in [0.29, 0.717) is 23.9 Å². The highest BCUT2D eigenvalue weighted by molar-refractivity contribution is 7.45. The van der Waals surface area contributed by atoms with Gasteiger partial charge in [-0.25, -0.2) is 0 Å². The van der Waals surface area contributed by atoms with Gasteiger partial charge < -0.3 is 28.8 Å². The molecule has 1 amide bonds. The second-order valence-electron chi connectivity index (χ2n) is 15.7. The van der Waals surface area contributed by atoms with Gasteiger partial charge >= 0.3 is 0 Å². The summed E-state index contributed by atoms with van der Waals surface area (Å²) in [7, 11) is 1.27. The van der Waals surface area contributed by atoms with Crippen LogP contribution in [0, 0.1) is 0 Å². The van der Waals surface area contributed by atoms with Gasteiger partial charge in [0.2, 0.25) is 5.91 Å². The van der Waals surface area contributed by atoms with Crippen LogP contribution in [0.2, 0.25) is 0 Å². The van der Waals surface area contributed by atoms with Crippen LogP contribution in [0.15, 0.2) is 36.5 Å². The van der Waals surface area contributed by atoms with E-state index in [2.05, 4.69) is 55.6 Å². The number of unbranched alkanes of at least 4 members (excludes halogenated alkanes) is 19. The summed E-state index contributed by atoms with van der Waals surface area (Å²) in [6.45, 7) is 4.64. The predicted octanol–water partition coefficient (Wildman–Crippen LogP) is 10.9. The molecule has 2 N–H and O–H groups in total. The second-order valence-corrected chi connectivity index (χ2v) is 17.1. The van der Waals surface area contributed by atoms with Crippen molar-refractivity contribution in [2.24, 2.45) is 0 Å². The molecule has 0 bridgehead atoms. The standard InChI is InChI=1S/C43H83N2O6P/c1-6-8-10-12-14-16-18-20-22-24-26-28-30-32-34-36-42(46)41(40-51-52(48,49)50-39-38-45(3,4)5)44-43(47)37-35-33-31-29-27-25-23-21-19-17-15-13-11-9-7-2/h15,17,21,23,26,28,41-42,46H,6-14,16,18-20,22,24-25,27,29-40H2,1-5H3,(H-,44,47,48,49)/b17-15+,23-21+,28-26+/t41-,42+/m0/s1. The molecule has 0 aliphatic rings. The zero-order valence-electron chi connectivity index (χ0n) is 34.5. The number of hydrogen-bond donors (Lipinski definition) is 2. The van der Waals surface area contributed by atoms with Crippen LogP contribution >= 0.6 is 7.82 Å². The Kier molecular flexibility index (Phi) is 34.6. The SMILES string of the molecule is CCCCC/C=C/C/C=C/CCCCCCCC(=O)N[C@@H](COP(=O)([O-])OCC[N+](C)(C)C)[C@H](O)CCCC/C=C/CCCCCCCCCCC. The molecule has 0 aromatic rings. The first-order chi connectivity index (χ1) is 25.0. The predicted molar refractivity (Wildman–Crippen MR) is 219 cm³/mol. The van der Waals surface area contributed by atoms with E-state index < -0.39 is 20.0 Å². The lowest BCUT2D eigenvalue weighted by Gasteiger charge is -2.30. The van der Waals surface area contributed by atoms with Crippen molar-refractivity contribution in [2.45, 2.75) is 193 Å². The van der Waals surface area contributed by atoms with E-state index in [1.165, 1.54) is 83.5 Å². The molecule has 0 radical (unpaired) electrons. The third-order valence-corrected chi connectivity index (χ3v) is 10.3. The van der Waals surface area contributed by atoms with Gasteiger partial charge in [0.15, 0.2) is 0 Å². The number of likely N-dealkylation sites (N-methyl/N-ethyl adjacent to an activating group) is 1. The summed E-state index contributed by atoms with van der Waals surface area (Å²) >= 11 is 0. The zero-order chi connectivity index (χ0) is 38.6. The smallest absolute Gasteiger partial charge is 0.268 e. The molecule has 0 fully saturated rings. The number of quaternary nitrogens is 1. The first-order valence-electron chi connectivity index (χ1n) is 21.3. The molecule has 0 saturated heterocycles. The van der Waals surface area contributed by atoms with Crippen molar-refractivity contribution in [1.29, 1.82) is 0 Å². The number of carbonyl (C=O) groups excluding carboxylic acids is 1. The van der Waals surface area contributed by atoms with E-state index in [0.717, 1.165) is 70.6 Å². The average Bonchev–Trinajstić information content (AvgIpc) is 3.09. The third kappa shape index (κ3) is 37.1. The number of amides is 1. The van der Waals surface area contributed by atoms with Crippen LogP contribution in [0.1, 0.15) is 181 Å². The van der Waals surface area contributed by atoms with Crippen molar-refractivity contribution in [3.8, 4) is 0 Å². The Bertz CT molecular complexity index is 948. The van der Waals surface area contributed by atoms with Crippen LogP contribution in [0.25, 0.3) is 0 Å². The number of carbonyl (C=O) groups is 1. The molecule has 0 spiro atoms. The minimum Gasteiger partial charge on any atom is -0.756 e. The van der Waals surface area contributed by atoms with Gasteiger partial charge in [0, 0.05) is 6.42 Å². The van der Waals surface area contributed by atoms with Gasteiger partial charge in [-0.05, 0) is 70.6 Å². The summed E-state index contributed by atoms with van der Waals surface area (Å²) in [6.07, 6.45) is 41.4. The minimum atomic E-state index is -4.57. The summed E-state index contributed by atoms with van der Waals surface area (Å²) in [4.78, 5) is 25.3. The Balaban J connectivity index is 4.48. The van der Waals surface area contributed by atoms with Gasteiger partial charge in [0.05, 0.1) is 39.9 Å². The molecule has 0 rings (SSSR count). The molecule has 3 atom stereocenters. The number of aliphatic hydroxyl groups is 1. The Morgan fingerprint density at radius 2 is 1.12 bits per heavy atom. The Morgan fingerprint density at radius 3 is 1.65 bits per heavy atom. The highest BCUT2D eigenvalue weighted by atomic mass is 31.2. The van der Waals surface area contributed by atoms with Crippen LogP contribution in [-0.2, 0) is 18.4 Å². The average molecular weight is 755 g/mol. The van der Waals surface area contributed by atoms with E-state index in [-0.39, 0.29) is 19.1 Å². The Labute approximate surface area is 321 Å². The van der Waals surface area contributed by atoms with E-state index >= 15 is 0 Å². The van der Waals surface area contributed by atoms with Crippen molar-refractivity contribution in [3.05, 3.63) is 36.5 Å². The lowest BCUT2D eigenvalue weighted by atomic mass is 10.0. The Morgan fingerprint density at radius 1 is 0.673 bits per heavy atom. The van der Waals surface area contributed by atoms with Gasteiger partial charge in [0.1, 0.15) is 13.2 Å². The van der Waals surface area contributed by atoms with E-state index in [4.69, 9.17) is 9.05 Å². The quantitative estimate of drug-likeness (QED) is 0.0281. The number of nitrogens with zero attached hydrogens (tertiary/aromatic N) is 1. The molecular formula is C43H83N2O6P. The molecule has 0 aliphatic heterocycles. The van der Waals surface area contributed by atoms with Gasteiger partial charge in [-0.2, -0.15) is 0 Å². The van der Waals surface area contributed by atoms with E-state index in [1.54, 1.807) is 0 Å². The fraction of sp³-hybridized carbons (Fsp3) is 0.837. The topological polar surface area (TPSA) is 108 Å². The van der Waals surface area contributed by atoms with Crippen molar-refractivity contribution in [1.82, 2.24) is 5.32 Å². The maximum absolute atomic E-state index is 12.8. The molecular weight excluding hydrogens is 671 g/mol. The van der Waals surface area contributed by atoms with Crippen LogP contribution in [0.5, 0.6) is 0 Å². The van der Waals surface area contributed by atoms with Crippen molar-refractivity contribution >= 4 is 13.7 Å². The third-order valence-electron chi connectivity index (χ3n) is 9.35. The maximum atomic E-state index is 12.8. The lowest BCUT2D eigenvalue weighted by Crippen LogP contribution is -2.46. The fourth-order valence-corrected chi connectivity index (χ4v) is 6.61. The van der Waals surface area contributed by atoms with Crippen molar-refractivity contribution in [2.75, 3.05) is 40.9 Å². The molecule has 306 valence electrons. The van der Waals surface area contributed by atoms with Gasteiger partial charge in [-0.3, -0.25) is 9.36 Å². The Hall–Kier alpha value is -1.28.